The van der Waals surface area contributed by atoms with Crippen LogP contribution in [0.1, 0.15) is 5.56 Å². The molecule has 0 saturated carbocycles. The van der Waals surface area contributed by atoms with E-state index < -0.39 is 6.03 Å². The van der Waals surface area contributed by atoms with Crippen LogP contribution in [0.25, 0.3) is 0 Å². The number of carbonyl (C=O) groups is 1. The molecule has 0 aliphatic heterocycles. The molecule has 0 radical (unpaired) electrons. The minimum atomic E-state index is -0.402. The maximum absolute atomic E-state index is 11.9. The number of urea groups is 1. The molecule has 0 fully saturated rings. The second-order valence-corrected chi connectivity index (χ2v) is 5.11. The smallest absolute Gasteiger partial charge is 0.323 e. The molecule has 0 aliphatic rings. The van der Waals surface area contributed by atoms with Crippen molar-refractivity contribution in [1.82, 2.24) is 0 Å². The van der Waals surface area contributed by atoms with Gasteiger partial charge in [-0.05, 0) is 42.8 Å². The first kappa shape index (κ1) is 14.5. The second-order valence-electron chi connectivity index (χ2n) is 4.30. The fourth-order valence-corrected chi connectivity index (χ4v) is 1.94. The molecule has 2 aromatic carbocycles. The Kier molecular flexibility index (Phi) is 4.37. The Morgan fingerprint density at radius 2 is 1.80 bits per heavy atom. The van der Waals surface area contributed by atoms with Crippen molar-refractivity contribution in [2.24, 2.45) is 0 Å². The predicted molar refractivity (Wildman–Crippen MR) is 84.7 cm³/mol. The Balaban J connectivity index is 2.09. The summed E-state index contributed by atoms with van der Waals surface area (Å²) < 4.78 is 0. The van der Waals surface area contributed by atoms with Crippen molar-refractivity contribution in [3.8, 4) is 0 Å². The number of nitrogens with one attached hydrogen (secondary N) is 2. The van der Waals surface area contributed by atoms with E-state index in [0.29, 0.717) is 27.1 Å². The van der Waals surface area contributed by atoms with Gasteiger partial charge in [-0.15, -0.1) is 0 Å². The molecular formula is C14H13Cl2N3O. The molecule has 4 N–H and O–H groups in total. The minimum absolute atomic E-state index is 0.375. The Hall–Kier alpha value is -1.91. The third-order valence-corrected chi connectivity index (χ3v) is 3.37. The number of rotatable bonds is 2. The maximum Gasteiger partial charge on any atom is 0.323 e. The average Bonchev–Trinajstić information content (AvgIpc) is 2.38. The van der Waals surface area contributed by atoms with Gasteiger partial charge in [0, 0.05) is 5.69 Å². The van der Waals surface area contributed by atoms with Gasteiger partial charge in [0.15, 0.2) is 0 Å². The monoisotopic (exact) mass is 309 g/mol. The van der Waals surface area contributed by atoms with E-state index in [-0.39, 0.29) is 0 Å². The summed E-state index contributed by atoms with van der Waals surface area (Å²) in [6, 6.07) is 9.85. The number of hydrogen-bond acceptors (Lipinski definition) is 2. The summed E-state index contributed by atoms with van der Waals surface area (Å²) in [7, 11) is 0. The molecule has 0 aliphatic carbocycles. The standard InChI is InChI=1S/C14H13Cl2N3O/c1-8-2-5-12(17)13(6-8)19-14(20)18-9-3-4-10(15)11(16)7-9/h2-7H,17H2,1H3,(H2,18,19,20). The van der Waals surface area contributed by atoms with Crippen molar-refractivity contribution in [3.05, 3.63) is 52.0 Å². The van der Waals surface area contributed by atoms with Gasteiger partial charge < -0.3 is 16.4 Å². The summed E-state index contributed by atoms with van der Waals surface area (Å²) in [5.74, 6) is 0. The van der Waals surface area contributed by atoms with E-state index in [1.54, 1.807) is 30.3 Å². The van der Waals surface area contributed by atoms with Crippen LogP contribution in [0.15, 0.2) is 36.4 Å². The van der Waals surface area contributed by atoms with Crippen molar-refractivity contribution in [2.45, 2.75) is 6.92 Å². The van der Waals surface area contributed by atoms with Gasteiger partial charge in [-0.3, -0.25) is 0 Å². The van der Waals surface area contributed by atoms with Crippen LogP contribution < -0.4 is 16.4 Å². The molecule has 4 nitrogen and oxygen atoms in total. The summed E-state index contributed by atoms with van der Waals surface area (Å²) in [6.45, 7) is 1.92. The van der Waals surface area contributed by atoms with E-state index in [2.05, 4.69) is 10.6 Å². The zero-order valence-corrected chi connectivity index (χ0v) is 12.2. The molecule has 0 atom stereocenters. The lowest BCUT2D eigenvalue weighted by atomic mass is 10.2. The molecule has 0 aromatic heterocycles. The number of carbonyl (C=O) groups excluding carboxylic acids is 1. The van der Waals surface area contributed by atoms with Gasteiger partial charge in [-0.1, -0.05) is 29.3 Å². The number of nitrogen functional groups attached to an aromatic ring is 1. The lowest BCUT2D eigenvalue weighted by Gasteiger charge is -2.11. The topological polar surface area (TPSA) is 67.1 Å². The Morgan fingerprint density at radius 3 is 2.50 bits per heavy atom. The van der Waals surface area contributed by atoms with E-state index in [1.165, 1.54) is 0 Å². The Bertz CT molecular complexity index is 659. The highest BCUT2D eigenvalue weighted by Gasteiger charge is 2.07. The summed E-state index contributed by atoms with van der Waals surface area (Å²) in [6.07, 6.45) is 0. The van der Waals surface area contributed by atoms with Crippen LogP contribution in [0.2, 0.25) is 10.0 Å². The van der Waals surface area contributed by atoms with Crippen molar-refractivity contribution < 1.29 is 4.79 Å². The van der Waals surface area contributed by atoms with Gasteiger partial charge in [0.05, 0.1) is 21.4 Å². The fraction of sp³-hybridized carbons (Fsp3) is 0.0714. The third kappa shape index (κ3) is 3.56. The molecule has 0 spiro atoms. The SMILES string of the molecule is Cc1ccc(N)c(NC(=O)Nc2ccc(Cl)c(Cl)c2)c1. The summed E-state index contributed by atoms with van der Waals surface area (Å²) in [5, 5.41) is 6.14. The molecule has 20 heavy (non-hydrogen) atoms. The van der Waals surface area contributed by atoms with Crippen LogP contribution in [-0.2, 0) is 0 Å². The number of amides is 2. The van der Waals surface area contributed by atoms with Gasteiger partial charge in [-0.2, -0.15) is 0 Å². The molecule has 104 valence electrons. The van der Waals surface area contributed by atoms with Crippen LogP contribution in [0.4, 0.5) is 21.9 Å². The molecule has 6 heteroatoms. The van der Waals surface area contributed by atoms with Gasteiger partial charge in [0.1, 0.15) is 0 Å². The van der Waals surface area contributed by atoms with E-state index >= 15 is 0 Å². The molecule has 2 rings (SSSR count). The van der Waals surface area contributed by atoms with Crippen molar-refractivity contribution in [2.75, 3.05) is 16.4 Å². The molecule has 0 heterocycles. The first-order valence-corrected chi connectivity index (χ1v) is 6.60. The van der Waals surface area contributed by atoms with Crippen LogP contribution in [0.3, 0.4) is 0 Å². The first-order chi connectivity index (χ1) is 9.45. The van der Waals surface area contributed by atoms with Gasteiger partial charge in [0.2, 0.25) is 0 Å². The number of aryl methyl sites for hydroxylation is 1. The van der Waals surface area contributed by atoms with Crippen molar-refractivity contribution >= 4 is 46.3 Å². The van der Waals surface area contributed by atoms with Crippen molar-refractivity contribution in [1.29, 1.82) is 0 Å². The van der Waals surface area contributed by atoms with Gasteiger partial charge >= 0.3 is 6.03 Å². The zero-order chi connectivity index (χ0) is 14.7. The van der Waals surface area contributed by atoms with Crippen LogP contribution in [0, 0.1) is 6.92 Å². The maximum atomic E-state index is 11.9. The predicted octanol–water partition coefficient (Wildman–Crippen LogP) is 4.53. The van der Waals surface area contributed by atoms with E-state index in [0.717, 1.165) is 5.56 Å². The van der Waals surface area contributed by atoms with E-state index in [9.17, 15) is 4.79 Å². The number of anilines is 3. The lowest BCUT2D eigenvalue weighted by molar-refractivity contribution is 0.262. The molecule has 2 aromatic rings. The normalized spacial score (nSPS) is 10.2. The van der Waals surface area contributed by atoms with E-state index in [4.69, 9.17) is 28.9 Å². The van der Waals surface area contributed by atoms with Crippen LogP contribution in [-0.4, -0.2) is 6.03 Å². The zero-order valence-electron chi connectivity index (χ0n) is 10.7. The quantitative estimate of drug-likeness (QED) is 0.713. The lowest BCUT2D eigenvalue weighted by Crippen LogP contribution is -2.20. The molecule has 0 saturated heterocycles. The van der Waals surface area contributed by atoms with Crippen LogP contribution >= 0.6 is 23.2 Å². The molecule has 0 unspecified atom stereocenters. The fourth-order valence-electron chi connectivity index (χ4n) is 1.64. The Morgan fingerprint density at radius 1 is 1.05 bits per heavy atom. The summed E-state index contributed by atoms with van der Waals surface area (Å²) in [4.78, 5) is 11.9. The van der Waals surface area contributed by atoms with Crippen molar-refractivity contribution in [3.63, 3.8) is 0 Å². The average molecular weight is 310 g/mol. The van der Waals surface area contributed by atoms with Crippen LogP contribution in [0.5, 0.6) is 0 Å². The Labute approximate surface area is 126 Å². The molecule has 0 bridgehead atoms. The minimum Gasteiger partial charge on any atom is -0.397 e. The molecular weight excluding hydrogens is 297 g/mol. The molecule has 2 amide bonds. The number of hydrogen-bond donors (Lipinski definition) is 3. The highest BCUT2D eigenvalue weighted by Crippen LogP contribution is 2.25. The summed E-state index contributed by atoms with van der Waals surface area (Å²) >= 11 is 11.7. The van der Waals surface area contributed by atoms with Gasteiger partial charge in [-0.25, -0.2) is 4.79 Å². The first-order valence-electron chi connectivity index (χ1n) is 5.85. The number of halogens is 2. The van der Waals surface area contributed by atoms with E-state index in [1.807, 2.05) is 13.0 Å². The largest absolute Gasteiger partial charge is 0.397 e. The number of nitrogens with two attached hydrogens (primary N) is 1. The highest BCUT2D eigenvalue weighted by molar-refractivity contribution is 6.42. The van der Waals surface area contributed by atoms with Gasteiger partial charge in [0.25, 0.3) is 0 Å². The third-order valence-electron chi connectivity index (χ3n) is 2.63. The second kappa shape index (κ2) is 6.03. The highest BCUT2D eigenvalue weighted by atomic mass is 35.5. The number of benzene rings is 2. The summed E-state index contributed by atoms with van der Waals surface area (Å²) in [5.41, 5.74) is 8.40.